The van der Waals surface area contributed by atoms with E-state index in [1.807, 2.05) is 18.2 Å². The van der Waals surface area contributed by atoms with Gasteiger partial charge in [0.15, 0.2) is 0 Å². The maximum absolute atomic E-state index is 5.69. The van der Waals surface area contributed by atoms with E-state index in [1.165, 1.54) is 5.56 Å². The van der Waals surface area contributed by atoms with E-state index in [-0.39, 0.29) is 52.8 Å². The average Bonchev–Trinajstić information content (AvgIpc) is 2.05. The Hall–Kier alpha value is 1.10. The molecule has 0 aromatic heterocycles. The van der Waals surface area contributed by atoms with E-state index >= 15 is 0 Å². The molecule has 0 saturated heterocycles. The zero-order valence-corrected chi connectivity index (χ0v) is 13.7. The van der Waals surface area contributed by atoms with Crippen LogP contribution in [0.3, 0.4) is 0 Å². The van der Waals surface area contributed by atoms with E-state index in [9.17, 15) is 0 Å². The van der Waals surface area contributed by atoms with Crippen molar-refractivity contribution in [3.05, 3.63) is 35.9 Å². The quantitative estimate of drug-likeness (QED) is 0.574. The minimum Gasteiger partial charge on any atom is -1.00 e. The molecule has 74 valence electrons. The molecule has 0 fully saturated rings. The smallest absolute Gasteiger partial charge is 1.00 e. The summed E-state index contributed by atoms with van der Waals surface area (Å²) >= 11 is 5.05. The van der Waals surface area contributed by atoms with Crippen LogP contribution in [0.1, 0.15) is 6.99 Å². The van der Waals surface area contributed by atoms with Crippen LogP contribution in [0.25, 0.3) is 0 Å². The molecule has 0 saturated carbocycles. The van der Waals surface area contributed by atoms with Crippen LogP contribution in [0.15, 0.2) is 30.3 Å². The number of nitrogens with two attached hydrogens (primary N) is 1. The minimum atomic E-state index is -0.942. The summed E-state index contributed by atoms with van der Waals surface area (Å²) in [7, 11) is -0.942. The maximum atomic E-state index is 5.69. The van der Waals surface area contributed by atoms with Crippen molar-refractivity contribution in [2.75, 3.05) is 12.5 Å². The predicted octanol–water partition coefficient (Wildman–Crippen LogP) is -0.389. The molecule has 1 aromatic rings. The van der Waals surface area contributed by atoms with Crippen molar-refractivity contribution in [1.82, 2.24) is 0 Å². The zero-order valence-electron chi connectivity index (χ0n) is 9.99. The van der Waals surface area contributed by atoms with E-state index in [2.05, 4.69) is 24.6 Å². The first-order valence-corrected chi connectivity index (χ1v) is 7.09. The molecular weight excluding hydrogens is 237 g/mol. The topological polar surface area (TPSA) is 26.0 Å². The van der Waals surface area contributed by atoms with Gasteiger partial charge in [-0.3, -0.25) is 0 Å². The Balaban J connectivity index is 0. The first-order chi connectivity index (χ1) is 6.02. The van der Waals surface area contributed by atoms with Crippen molar-refractivity contribution < 1.29 is 52.8 Å². The fourth-order valence-electron chi connectivity index (χ4n) is 1.06. The number of benzene rings is 1. The second-order valence-electron chi connectivity index (χ2n) is 3.49. The number of hydrogen-bond donors (Lipinski definition) is 1. The summed E-state index contributed by atoms with van der Waals surface area (Å²) < 4.78 is 0.663. The monoisotopic (exact) mass is 253 g/mol. The predicted molar refractivity (Wildman–Crippen MR) is 67.5 cm³/mol. The van der Waals surface area contributed by atoms with Crippen molar-refractivity contribution in [3.8, 4) is 0 Å². The summed E-state index contributed by atoms with van der Waals surface area (Å²) in [6, 6.07) is 10.3. The van der Waals surface area contributed by atoms with Gasteiger partial charge in [-0.2, -0.15) is 10.0 Å². The Kier molecular flexibility index (Phi) is 7.15. The molecule has 0 heterocycles. The van der Waals surface area contributed by atoms with Gasteiger partial charge in [0.1, 0.15) is 4.32 Å². The van der Waals surface area contributed by atoms with Gasteiger partial charge < -0.3 is 7.16 Å². The molecule has 0 atom stereocenters. The number of rotatable bonds is 2. The molecule has 0 aliphatic carbocycles. The summed E-state index contributed by atoms with van der Waals surface area (Å²) in [6.45, 7) is 0. The number of thiocarbonyl (C=S) groups is 1. The fraction of sp³-hybridized carbons (Fsp3) is 0.300. The summed E-state index contributed by atoms with van der Waals surface area (Å²) in [5, 5.41) is 0. The van der Waals surface area contributed by atoms with Crippen LogP contribution in [0.5, 0.6) is 0 Å². The first kappa shape index (κ1) is 15.1. The van der Waals surface area contributed by atoms with E-state index < -0.39 is 10.0 Å². The van der Waals surface area contributed by atoms with E-state index in [0.717, 1.165) is 5.75 Å². The molecule has 0 unspecified atom stereocenters. The van der Waals surface area contributed by atoms with Gasteiger partial charge >= 0.3 is 51.4 Å². The van der Waals surface area contributed by atoms with Crippen LogP contribution in [0.2, 0.25) is 0 Å². The Morgan fingerprint density at radius 3 is 2.29 bits per heavy atom. The zero-order chi connectivity index (χ0) is 9.90. The molecule has 1 nitrogen and oxygen atoms in total. The van der Waals surface area contributed by atoms with Crippen LogP contribution in [-0.2, 0) is 5.75 Å². The van der Waals surface area contributed by atoms with Gasteiger partial charge in [0.25, 0.3) is 0 Å². The van der Waals surface area contributed by atoms with Gasteiger partial charge in [0.05, 0.1) is 0 Å². The number of hydrogen-bond acceptors (Lipinski definition) is 1. The molecule has 0 aliphatic rings. The molecule has 0 spiro atoms. The maximum Gasteiger partial charge on any atom is 1.00 e. The van der Waals surface area contributed by atoms with Gasteiger partial charge in [-0.25, -0.2) is 0 Å². The third kappa shape index (κ3) is 4.74. The second-order valence-corrected chi connectivity index (χ2v) is 7.99. The summed E-state index contributed by atoms with van der Waals surface area (Å²) in [5.41, 5.74) is 7.00. The van der Waals surface area contributed by atoms with E-state index in [1.54, 1.807) is 0 Å². The van der Waals surface area contributed by atoms with Crippen molar-refractivity contribution in [1.29, 1.82) is 0 Å². The van der Waals surface area contributed by atoms with Crippen LogP contribution in [-0.4, -0.2) is 16.8 Å². The third-order valence-electron chi connectivity index (χ3n) is 1.91. The molecule has 0 amide bonds. The molecule has 14 heavy (non-hydrogen) atoms. The standard InChI is InChI=1S/C10H15NS2.K.H/c1-13(2,10(11)12)8-9-6-4-3-5-7-9;;/h3-7H,8H2,1-2H3,(H2,11,12);;/q;+1;-1. The molecule has 1 aromatic carbocycles. The van der Waals surface area contributed by atoms with E-state index in [4.69, 9.17) is 18.0 Å². The summed E-state index contributed by atoms with van der Waals surface area (Å²) in [4.78, 5) is 0. The van der Waals surface area contributed by atoms with Crippen molar-refractivity contribution in [2.24, 2.45) is 5.73 Å². The molecule has 2 N–H and O–H groups in total. The van der Waals surface area contributed by atoms with Gasteiger partial charge in [-0.05, 0) is 18.1 Å². The molecule has 0 bridgehead atoms. The Bertz CT molecular complexity index is 304. The van der Waals surface area contributed by atoms with Crippen molar-refractivity contribution in [3.63, 3.8) is 0 Å². The van der Waals surface area contributed by atoms with Gasteiger partial charge in [-0.1, -0.05) is 42.5 Å². The molecule has 0 radical (unpaired) electrons. The average molecular weight is 253 g/mol. The van der Waals surface area contributed by atoms with Crippen molar-refractivity contribution in [2.45, 2.75) is 5.75 Å². The van der Waals surface area contributed by atoms with E-state index in [0.29, 0.717) is 4.32 Å². The molecule has 1 rings (SSSR count). The Labute approximate surface area is 137 Å². The Morgan fingerprint density at radius 1 is 1.36 bits per heavy atom. The Morgan fingerprint density at radius 2 is 1.86 bits per heavy atom. The molecule has 4 heteroatoms. The van der Waals surface area contributed by atoms with Crippen LogP contribution in [0.4, 0.5) is 0 Å². The minimum absolute atomic E-state index is 0. The van der Waals surface area contributed by atoms with Crippen molar-refractivity contribution >= 4 is 26.6 Å². The molecular formula is C10H16KNS2. The van der Waals surface area contributed by atoms with Crippen LogP contribution < -0.4 is 57.1 Å². The van der Waals surface area contributed by atoms with Gasteiger partial charge in [0, 0.05) is 5.75 Å². The normalized spacial score (nSPS) is 11.6. The molecule has 0 aliphatic heterocycles. The fourth-order valence-corrected chi connectivity index (χ4v) is 2.41. The second kappa shape index (κ2) is 6.63. The largest absolute Gasteiger partial charge is 1.00 e. The van der Waals surface area contributed by atoms with Gasteiger partial charge in [0.2, 0.25) is 0 Å². The van der Waals surface area contributed by atoms with Crippen LogP contribution in [0, 0.1) is 0 Å². The summed E-state index contributed by atoms with van der Waals surface area (Å²) in [6.07, 6.45) is 4.31. The summed E-state index contributed by atoms with van der Waals surface area (Å²) in [5.74, 6) is 0.989. The SMILES string of the molecule is CS(C)(Cc1ccccc1)C(N)=S.[H-].[K+]. The third-order valence-corrected chi connectivity index (χ3v) is 5.41. The van der Waals surface area contributed by atoms with Crippen LogP contribution >= 0.6 is 22.2 Å². The first-order valence-electron chi connectivity index (χ1n) is 4.07. The van der Waals surface area contributed by atoms with Gasteiger partial charge in [-0.15, -0.1) is 0 Å².